The molecule has 2 rings (SSSR count). The summed E-state index contributed by atoms with van der Waals surface area (Å²) in [5.41, 5.74) is 3.54. The van der Waals surface area contributed by atoms with Crippen LogP contribution < -0.4 is 4.74 Å². The molecule has 1 heterocycles. The highest BCUT2D eigenvalue weighted by Crippen LogP contribution is 2.21. The van der Waals surface area contributed by atoms with Crippen LogP contribution in [-0.4, -0.2) is 24.8 Å². The third kappa shape index (κ3) is 10.1. The quantitative estimate of drug-likeness (QED) is 0.214. The zero-order chi connectivity index (χ0) is 21.3. The fraction of sp³-hybridized carbons (Fsp3) is 0.519. The minimum atomic E-state index is 0.750. The number of nitrogens with zero attached hydrogens (tertiary/aromatic N) is 1. The van der Waals surface area contributed by atoms with Crippen LogP contribution in [-0.2, 0) is 11.2 Å². The average molecular weight is 410 g/mol. The first-order valence-electron chi connectivity index (χ1n) is 11.7. The third-order valence-electron chi connectivity index (χ3n) is 5.02. The lowest BCUT2D eigenvalue weighted by Crippen LogP contribution is -1.97. The van der Waals surface area contributed by atoms with Gasteiger partial charge in [-0.2, -0.15) is 0 Å². The Morgan fingerprint density at radius 2 is 1.63 bits per heavy atom. The van der Waals surface area contributed by atoms with Crippen molar-refractivity contribution in [2.75, 3.05) is 19.8 Å². The predicted molar refractivity (Wildman–Crippen MR) is 127 cm³/mol. The molecular formula is C27H39NO2. The predicted octanol–water partition coefficient (Wildman–Crippen LogP) is 7.40. The van der Waals surface area contributed by atoms with Crippen molar-refractivity contribution in [1.82, 2.24) is 4.98 Å². The van der Waals surface area contributed by atoms with Crippen molar-refractivity contribution in [3.63, 3.8) is 0 Å². The molecule has 0 aliphatic carbocycles. The highest BCUT2D eigenvalue weighted by molar-refractivity contribution is 5.59. The van der Waals surface area contributed by atoms with Gasteiger partial charge in [0.25, 0.3) is 0 Å². The Labute approximate surface area is 183 Å². The van der Waals surface area contributed by atoms with E-state index in [1.807, 2.05) is 18.3 Å². The van der Waals surface area contributed by atoms with Crippen molar-refractivity contribution in [3.05, 3.63) is 60.3 Å². The van der Waals surface area contributed by atoms with E-state index in [9.17, 15) is 0 Å². The third-order valence-corrected chi connectivity index (χ3v) is 5.02. The zero-order valence-corrected chi connectivity index (χ0v) is 18.9. The minimum absolute atomic E-state index is 0.750. The summed E-state index contributed by atoms with van der Waals surface area (Å²) < 4.78 is 11.3. The molecule has 164 valence electrons. The standard InChI is InChI=1S/C27H39NO2/c1-3-5-6-7-8-12-22-30-26-18-19-27(28-23-26)25-16-14-24(15-17-25)13-10-9-11-21-29-20-4-2/h5-6,14-19,23H,3-4,7-13,20-22H2,1-2H3. The van der Waals surface area contributed by atoms with E-state index >= 15 is 0 Å². The van der Waals surface area contributed by atoms with Crippen LogP contribution in [0.3, 0.4) is 0 Å². The van der Waals surface area contributed by atoms with Crippen LogP contribution >= 0.6 is 0 Å². The monoisotopic (exact) mass is 409 g/mol. The molecule has 0 bridgehead atoms. The molecule has 0 saturated heterocycles. The molecule has 0 saturated carbocycles. The van der Waals surface area contributed by atoms with Crippen molar-refractivity contribution in [3.8, 4) is 17.0 Å². The van der Waals surface area contributed by atoms with Crippen molar-refractivity contribution >= 4 is 0 Å². The summed E-state index contributed by atoms with van der Waals surface area (Å²) in [6, 6.07) is 12.9. The molecule has 0 radical (unpaired) electrons. The summed E-state index contributed by atoms with van der Waals surface area (Å²) in [7, 11) is 0. The van der Waals surface area contributed by atoms with Crippen LogP contribution in [0.2, 0.25) is 0 Å². The molecule has 0 N–H and O–H groups in total. The molecule has 1 aromatic heterocycles. The summed E-state index contributed by atoms with van der Waals surface area (Å²) in [6.07, 6.45) is 16.6. The number of unbranched alkanes of at least 4 members (excludes halogenated alkanes) is 4. The SMILES string of the molecule is CCC=CCCCCOc1ccc(-c2ccc(CCCCCOCCC)cc2)nc1. The van der Waals surface area contributed by atoms with Gasteiger partial charge in [0, 0.05) is 18.8 Å². The Kier molecular flexibility index (Phi) is 12.6. The molecule has 3 nitrogen and oxygen atoms in total. The normalized spacial score (nSPS) is 11.3. The first-order chi connectivity index (χ1) is 14.8. The lowest BCUT2D eigenvalue weighted by Gasteiger charge is -2.07. The Balaban J connectivity index is 1.67. The molecule has 2 aromatic rings. The van der Waals surface area contributed by atoms with Crippen molar-refractivity contribution < 1.29 is 9.47 Å². The van der Waals surface area contributed by atoms with E-state index in [-0.39, 0.29) is 0 Å². The fourth-order valence-corrected chi connectivity index (χ4v) is 3.27. The summed E-state index contributed by atoms with van der Waals surface area (Å²) >= 11 is 0. The highest BCUT2D eigenvalue weighted by Gasteiger charge is 2.02. The van der Waals surface area contributed by atoms with E-state index in [0.29, 0.717) is 0 Å². The van der Waals surface area contributed by atoms with Gasteiger partial charge in [0.1, 0.15) is 5.75 Å². The highest BCUT2D eigenvalue weighted by atomic mass is 16.5. The maximum absolute atomic E-state index is 5.81. The first-order valence-corrected chi connectivity index (χ1v) is 11.7. The van der Waals surface area contributed by atoms with E-state index in [0.717, 1.165) is 75.4 Å². The number of aryl methyl sites for hydroxylation is 1. The number of aromatic nitrogens is 1. The minimum Gasteiger partial charge on any atom is -0.492 e. The summed E-state index contributed by atoms with van der Waals surface area (Å²) in [6.45, 7) is 6.85. The van der Waals surface area contributed by atoms with Gasteiger partial charge in [-0.25, -0.2) is 0 Å². The topological polar surface area (TPSA) is 31.4 Å². The maximum Gasteiger partial charge on any atom is 0.137 e. The lowest BCUT2D eigenvalue weighted by atomic mass is 10.0. The second-order valence-electron chi connectivity index (χ2n) is 7.72. The smallest absolute Gasteiger partial charge is 0.137 e. The molecule has 0 spiro atoms. The summed E-state index contributed by atoms with van der Waals surface area (Å²) in [5, 5.41) is 0. The summed E-state index contributed by atoms with van der Waals surface area (Å²) in [4.78, 5) is 4.58. The first kappa shape index (κ1) is 24.1. The second kappa shape index (κ2) is 15.7. The number of pyridine rings is 1. The van der Waals surface area contributed by atoms with Gasteiger partial charge in [-0.3, -0.25) is 4.98 Å². The van der Waals surface area contributed by atoms with E-state index in [1.165, 1.54) is 24.8 Å². The van der Waals surface area contributed by atoms with Gasteiger partial charge in [0.05, 0.1) is 18.5 Å². The molecule has 0 atom stereocenters. The van der Waals surface area contributed by atoms with Crippen LogP contribution in [0.15, 0.2) is 54.7 Å². The molecule has 3 heteroatoms. The van der Waals surface area contributed by atoms with Crippen molar-refractivity contribution in [2.24, 2.45) is 0 Å². The van der Waals surface area contributed by atoms with Gasteiger partial charge in [-0.1, -0.05) is 56.7 Å². The van der Waals surface area contributed by atoms with Gasteiger partial charge in [0.2, 0.25) is 0 Å². The molecule has 0 fully saturated rings. The number of allylic oxidation sites excluding steroid dienone is 2. The van der Waals surface area contributed by atoms with Crippen molar-refractivity contribution in [2.45, 2.75) is 71.6 Å². The second-order valence-corrected chi connectivity index (χ2v) is 7.72. The Bertz CT molecular complexity index is 692. The molecule has 1 aromatic carbocycles. The number of ether oxygens (including phenoxy) is 2. The molecule has 0 unspecified atom stereocenters. The van der Waals surface area contributed by atoms with Gasteiger partial charge in [0.15, 0.2) is 0 Å². The average Bonchev–Trinajstić information content (AvgIpc) is 2.79. The van der Waals surface area contributed by atoms with Gasteiger partial charge < -0.3 is 9.47 Å². The van der Waals surface area contributed by atoms with E-state index in [2.05, 4.69) is 55.2 Å². The van der Waals surface area contributed by atoms with Crippen LogP contribution in [0.1, 0.15) is 70.8 Å². The lowest BCUT2D eigenvalue weighted by molar-refractivity contribution is 0.130. The van der Waals surface area contributed by atoms with Gasteiger partial charge >= 0.3 is 0 Å². The van der Waals surface area contributed by atoms with Crippen LogP contribution in [0.5, 0.6) is 5.75 Å². The number of hydrogen-bond acceptors (Lipinski definition) is 3. The van der Waals surface area contributed by atoms with Crippen LogP contribution in [0.25, 0.3) is 11.3 Å². The van der Waals surface area contributed by atoms with Crippen LogP contribution in [0.4, 0.5) is 0 Å². The Morgan fingerprint density at radius 3 is 2.37 bits per heavy atom. The van der Waals surface area contributed by atoms with E-state index in [4.69, 9.17) is 9.47 Å². The Hall–Kier alpha value is -2.13. The van der Waals surface area contributed by atoms with Gasteiger partial charge in [-0.05, 0) is 69.1 Å². The van der Waals surface area contributed by atoms with E-state index < -0.39 is 0 Å². The molecule has 0 aliphatic heterocycles. The summed E-state index contributed by atoms with van der Waals surface area (Å²) in [5.74, 6) is 0.849. The zero-order valence-electron chi connectivity index (χ0n) is 18.9. The molecule has 0 amide bonds. The largest absolute Gasteiger partial charge is 0.492 e. The molecule has 30 heavy (non-hydrogen) atoms. The van der Waals surface area contributed by atoms with Crippen LogP contribution in [0, 0.1) is 0 Å². The van der Waals surface area contributed by atoms with E-state index in [1.54, 1.807) is 0 Å². The number of benzene rings is 1. The fourth-order valence-electron chi connectivity index (χ4n) is 3.27. The number of rotatable bonds is 16. The Morgan fingerprint density at radius 1 is 0.800 bits per heavy atom. The maximum atomic E-state index is 5.81. The van der Waals surface area contributed by atoms with Crippen molar-refractivity contribution in [1.29, 1.82) is 0 Å². The van der Waals surface area contributed by atoms with Gasteiger partial charge in [-0.15, -0.1) is 0 Å². The molecular weight excluding hydrogens is 370 g/mol. The molecule has 0 aliphatic rings. The number of hydrogen-bond donors (Lipinski definition) is 0.